The number of nitrogens with zero attached hydrogens (tertiary/aromatic N) is 3. The molecule has 2 aromatic rings. The lowest BCUT2D eigenvalue weighted by atomic mass is 9.72. The van der Waals surface area contributed by atoms with Gasteiger partial charge in [-0.1, -0.05) is 30.3 Å². The normalized spacial score (nSPS) is 27.8. The molecule has 0 unspecified atom stereocenters. The quantitative estimate of drug-likeness (QED) is 0.887. The molecule has 1 aromatic carbocycles. The number of aliphatic hydroxyl groups is 1. The van der Waals surface area contributed by atoms with E-state index in [1.54, 1.807) is 0 Å². The van der Waals surface area contributed by atoms with Crippen molar-refractivity contribution in [3.63, 3.8) is 0 Å². The Morgan fingerprint density at radius 2 is 1.75 bits per heavy atom. The van der Waals surface area contributed by atoms with E-state index in [4.69, 9.17) is 4.74 Å². The number of aliphatic hydroxyl groups excluding tert-OH is 1. The molecule has 1 aliphatic carbocycles. The van der Waals surface area contributed by atoms with Crippen LogP contribution in [0.4, 0.5) is 0 Å². The summed E-state index contributed by atoms with van der Waals surface area (Å²) in [5.74, 6) is 0. The van der Waals surface area contributed by atoms with Crippen molar-refractivity contribution in [2.45, 2.75) is 36.9 Å². The fraction of sp³-hybridized carbons (Fsp3) is 0.522. The number of hydrogen-bond donors (Lipinski definition) is 1. The molecule has 0 saturated carbocycles. The van der Waals surface area contributed by atoms with Crippen LogP contribution in [0.1, 0.15) is 35.7 Å². The van der Waals surface area contributed by atoms with E-state index in [1.165, 1.54) is 11.1 Å². The zero-order chi connectivity index (χ0) is 19.0. The molecule has 5 nitrogen and oxygen atoms in total. The summed E-state index contributed by atoms with van der Waals surface area (Å²) in [6.45, 7) is 6.21. The Morgan fingerprint density at radius 1 is 1.00 bits per heavy atom. The van der Waals surface area contributed by atoms with Gasteiger partial charge in [0.25, 0.3) is 0 Å². The van der Waals surface area contributed by atoms with Crippen LogP contribution in [0.5, 0.6) is 0 Å². The fourth-order valence-corrected chi connectivity index (χ4v) is 5.49. The first-order valence-corrected chi connectivity index (χ1v) is 10.5. The third-order valence-electron chi connectivity index (χ3n) is 6.98. The smallest absolute Gasteiger partial charge is 0.0834 e. The van der Waals surface area contributed by atoms with Crippen molar-refractivity contribution in [2.24, 2.45) is 0 Å². The Balaban J connectivity index is 1.37. The first-order chi connectivity index (χ1) is 13.8. The Morgan fingerprint density at radius 3 is 2.50 bits per heavy atom. The summed E-state index contributed by atoms with van der Waals surface area (Å²) >= 11 is 0. The van der Waals surface area contributed by atoms with Crippen LogP contribution in [0.2, 0.25) is 0 Å². The highest BCUT2D eigenvalue weighted by Gasteiger charge is 2.54. The van der Waals surface area contributed by atoms with Crippen molar-refractivity contribution in [1.82, 2.24) is 14.8 Å². The van der Waals surface area contributed by atoms with Gasteiger partial charge in [-0.2, -0.15) is 0 Å². The monoisotopic (exact) mass is 379 g/mol. The molecule has 5 heteroatoms. The maximum Gasteiger partial charge on any atom is 0.0834 e. The van der Waals surface area contributed by atoms with E-state index in [2.05, 4.69) is 51.2 Å². The molecular formula is C23H29N3O2. The van der Waals surface area contributed by atoms with Crippen molar-refractivity contribution < 1.29 is 9.84 Å². The van der Waals surface area contributed by atoms with Crippen molar-refractivity contribution in [3.8, 4) is 0 Å². The molecule has 2 fully saturated rings. The van der Waals surface area contributed by atoms with Crippen molar-refractivity contribution in [2.75, 3.05) is 39.4 Å². The van der Waals surface area contributed by atoms with Crippen LogP contribution in [-0.2, 0) is 16.7 Å². The summed E-state index contributed by atoms with van der Waals surface area (Å²) in [5.41, 5.74) is 3.70. The second-order valence-electron chi connectivity index (χ2n) is 8.38. The van der Waals surface area contributed by atoms with E-state index in [-0.39, 0.29) is 17.6 Å². The predicted molar refractivity (Wildman–Crippen MR) is 108 cm³/mol. The minimum atomic E-state index is -0.347. The zero-order valence-corrected chi connectivity index (χ0v) is 16.3. The number of likely N-dealkylation sites (tertiary alicyclic amines) is 1. The number of rotatable bonds is 3. The van der Waals surface area contributed by atoms with Gasteiger partial charge in [-0.15, -0.1) is 0 Å². The maximum atomic E-state index is 11.6. The molecule has 2 saturated heterocycles. The first-order valence-electron chi connectivity index (χ1n) is 10.5. The van der Waals surface area contributed by atoms with Crippen molar-refractivity contribution in [1.29, 1.82) is 0 Å². The molecule has 3 heterocycles. The van der Waals surface area contributed by atoms with Gasteiger partial charge in [0.1, 0.15) is 0 Å². The van der Waals surface area contributed by atoms with Gasteiger partial charge in [-0.3, -0.25) is 14.8 Å². The molecule has 28 heavy (non-hydrogen) atoms. The lowest BCUT2D eigenvalue weighted by Gasteiger charge is -2.44. The van der Waals surface area contributed by atoms with Crippen molar-refractivity contribution >= 4 is 0 Å². The van der Waals surface area contributed by atoms with Gasteiger partial charge in [0.05, 0.1) is 31.1 Å². The van der Waals surface area contributed by atoms with Crippen LogP contribution in [0.25, 0.3) is 0 Å². The number of pyridine rings is 1. The average Bonchev–Trinajstić information content (AvgIpc) is 2.99. The molecule has 148 valence electrons. The van der Waals surface area contributed by atoms with E-state index in [0.717, 1.165) is 64.5 Å². The van der Waals surface area contributed by atoms with Gasteiger partial charge < -0.3 is 9.84 Å². The molecule has 1 aromatic heterocycles. The summed E-state index contributed by atoms with van der Waals surface area (Å²) in [6, 6.07) is 15.0. The molecule has 1 N–H and O–H groups in total. The van der Waals surface area contributed by atoms with Crippen LogP contribution in [0.15, 0.2) is 48.7 Å². The van der Waals surface area contributed by atoms with Gasteiger partial charge in [0.15, 0.2) is 0 Å². The molecular weight excluding hydrogens is 350 g/mol. The Hall–Kier alpha value is -1.79. The molecule has 3 aliphatic rings. The van der Waals surface area contributed by atoms with Gasteiger partial charge in [-0.25, -0.2) is 0 Å². The summed E-state index contributed by atoms with van der Waals surface area (Å²) in [4.78, 5) is 9.39. The molecule has 0 radical (unpaired) electrons. The van der Waals surface area contributed by atoms with E-state index in [1.807, 2.05) is 12.3 Å². The summed E-state index contributed by atoms with van der Waals surface area (Å²) in [5, 5.41) is 11.6. The van der Waals surface area contributed by atoms with E-state index < -0.39 is 0 Å². The van der Waals surface area contributed by atoms with Gasteiger partial charge in [-0.05, 0) is 49.2 Å². The zero-order valence-electron chi connectivity index (χ0n) is 16.3. The van der Waals surface area contributed by atoms with E-state index in [0.29, 0.717) is 0 Å². The Kier molecular flexibility index (Phi) is 4.93. The second kappa shape index (κ2) is 7.56. The second-order valence-corrected chi connectivity index (χ2v) is 8.38. The van der Waals surface area contributed by atoms with Gasteiger partial charge in [0.2, 0.25) is 0 Å². The third-order valence-corrected chi connectivity index (χ3v) is 6.98. The minimum absolute atomic E-state index is 0.0995. The van der Waals surface area contributed by atoms with Crippen LogP contribution >= 0.6 is 0 Å². The standard InChI is InChI=1S/C23H29N3O2/c27-22-21(26-13-15-28-16-14-26)19-6-1-2-7-20(19)23(22)8-11-25(12-9-23)17-18-5-3-4-10-24-18/h1-7,10,21-22,27H,8-9,11-17H2/t21-,22+/m1/s1. The van der Waals surface area contributed by atoms with Gasteiger partial charge >= 0.3 is 0 Å². The summed E-state index contributed by atoms with van der Waals surface area (Å²) in [7, 11) is 0. The highest BCUT2D eigenvalue weighted by atomic mass is 16.5. The van der Waals surface area contributed by atoms with Crippen LogP contribution in [0.3, 0.4) is 0 Å². The maximum absolute atomic E-state index is 11.6. The first kappa shape index (κ1) is 18.3. The Bertz CT molecular complexity index is 799. The molecule has 0 bridgehead atoms. The van der Waals surface area contributed by atoms with E-state index >= 15 is 0 Å². The summed E-state index contributed by atoms with van der Waals surface area (Å²) < 4.78 is 5.55. The third kappa shape index (κ3) is 3.07. The highest BCUT2D eigenvalue weighted by molar-refractivity contribution is 5.45. The number of fused-ring (bicyclic) bond motifs is 2. The number of piperidine rings is 1. The largest absolute Gasteiger partial charge is 0.390 e. The van der Waals surface area contributed by atoms with Crippen LogP contribution < -0.4 is 0 Å². The number of ether oxygens (including phenoxy) is 1. The number of hydrogen-bond acceptors (Lipinski definition) is 5. The van der Waals surface area contributed by atoms with Crippen LogP contribution in [-0.4, -0.2) is 65.4 Å². The van der Waals surface area contributed by atoms with Crippen LogP contribution in [0, 0.1) is 0 Å². The molecule has 2 atom stereocenters. The molecule has 1 spiro atoms. The fourth-order valence-electron chi connectivity index (χ4n) is 5.49. The lowest BCUT2D eigenvalue weighted by Crippen LogP contribution is -2.51. The number of aromatic nitrogens is 1. The number of morpholine rings is 1. The SMILES string of the molecule is O[C@H]1[C@H](N2CCOCC2)c2ccccc2C12CCN(Cc1ccccn1)CC2. The number of benzene rings is 1. The highest BCUT2D eigenvalue weighted by Crippen LogP contribution is 2.52. The van der Waals surface area contributed by atoms with Gasteiger partial charge in [0, 0.05) is 31.2 Å². The molecule has 5 rings (SSSR count). The molecule has 0 amide bonds. The summed E-state index contributed by atoms with van der Waals surface area (Å²) in [6.07, 6.45) is 3.52. The predicted octanol–water partition coefficient (Wildman–Crippen LogP) is 2.36. The molecule has 2 aliphatic heterocycles. The average molecular weight is 380 g/mol. The topological polar surface area (TPSA) is 48.8 Å². The van der Waals surface area contributed by atoms with Crippen molar-refractivity contribution in [3.05, 3.63) is 65.5 Å². The van der Waals surface area contributed by atoms with E-state index in [9.17, 15) is 5.11 Å². The minimum Gasteiger partial charge on any atom is -0.390 e. The Labute approximate surface area is 166 Å². The lowest BCUT2D eigenvalue weighted by molar-refractivity contribution is -0.0493.